The Morgan fingerprint density at radius 2 is 2.15 bits per heavy atom. The maximum Gasteiger partial charge on any atom is 0.246 e. The third kappa shape index (κ3) is 2.40. The average molecular weight is 268 g/mol. The van der Waals surface area contributed by atoms with Crippen molar-refractivity contribution in [3.05, 3.63) is 53.1 Å². The van der Waals surface area contributed by atoms with Crippen LogP contribution in [0.2, 0.25) is 0 Å². The molecule has 0 fully saturated rings. The molecule has 5 heteroatoms. The zero-order chi connectivity index (χ0) is 14.1. The van der Waals surface area contributed by atoms with E-state index < -0.39 is 0 Å². The molecule has 1 atom stereocenters. The molecule has 1 amide bonds. The average Bonchev–Trinajstić information content (AvgIpc) is 2.72. The van der Waals surface area contributed by atoms with E-state index in [0.29, 0.717) is 6.54 Å². The summed E-state index contributed by atoms with van der Waals surface area (Å²) in [6.07, 6.45) is 1.73. The lowest BCUT2D eigenvalue weighted by Gasteiger charge is -2.11. The van der Waals surface area contributed by atoms with Gasteiger partial charge in [0.2, 0.25) is 5.91 Å². The van der Waals surface area contributed by atoms with Crippen LogP contribution in [-0.2, 0) is 11.3 Å². The fourth-order valence-corrected chi connectivity index (χ4v) is 2.39. The van der Waals surface area contributed by atoms with Crippen LogP contribution < -0.4 is 10.6 Å². The van der Waals surface area contributed by atoms with Crippen molar-refractivity contribution in [1.29, 1.82) is 0 Å². The molecule has 0 saturated carbocycles. The Bertz CT molecular complexity index is 669. The van der Waals surface area contributed by atoms with Crippen LogP contribution in [0.5, 0.6) is 0 Å². The van der Waals surface area contributed by atoms with Gasteiger partial charge in [-0.3, -0.25) is 10.1 Å². The molecule has 5 nitrogen and oxygen atoms in total. The van der Waals surface area contributed by atoms with E-state index in [0.717, 1.165) is 28.3 Å². The second-order valence-corrected chi connectivity index (χ2v) is 4.99. The summed E-state index contributed by atoms with van der Waals surface area (Å²) < 4.78 is 0. The third-order valence-corrected chi connectivity index (χ3v) is 3.36. The fraction of sp³-hybridized carbons (Fsp3) is 0.267. The van der Waals surface area contributed by atoms with Crippen molar-refractivity contribution in [2.45, 2.75) is 26.4 Å². The zero-order valence-electron chi connectivity index (χ0n) is 11.5. The monoisotopic (exact) mass is 268 g/mol. The first-order valence-corrected chi connectivity index (χ1v) is 6.57. The predicted octanol–water partition coefficient (Wildman–Crippen LogP) is 1.88. The maximum atomic E-state index is 12.0. The minimum atomic E-state index is -0.319. The van der Waals surface area contributed by atoms with Gasteiger partial charge in [0.05, 0.1) is 5.69 Å². The number of aryl methyl sites for hydroxylation is 2. The molecule has 3 rings (SSSR count). The molecule has 20 heavy (non-hydrogen) atoms. The van der Waals surface area contributed by atoms with Gasteiger partial charge in [0.25, 0.3) is 0 Å². The molecule has 1 aromatic heterocycles. The predicted molar refractivity (Wildman–Crippen MR) is 76.2 cm³/mol. The van der Waals surface area contributed by atoms with Gasteiger partial charge >= 0.3 is 0 Å². The first-order valence-electron chi connectivity index (χ1n) is 6.57. The fourth-order valence-electron chi connectivity index (χ4n) is 2.39. The van der Waals surface area contributed by atoms with E-state index in [1.165, 1.54) is 0 Å². The Labute approximate surface area is 117 Å². The molecular formula is C15H16N4O. The smallest absolute Gasteiger partial charge is 0.246 e. The summed E-state index contributed by atoms with van der Waals surface area (Å²) in [6, 6.07) is 7.51. The van der Waals surface area contributed by atoms with E-state index in [1.54, 1.807) is 6.20 Å². The van der Waals surface area contributed by atoms with Gasteiger partial charge in [-0.25, -0.2) is 9.97 Å². The molecule has 0 aliphatic carbocycles. The number of carbonyl (C=O) groups is 1. The quantitative estimate of drug-likeness (QED) is 0.892. The van der Waals surface area contributed by atoms with Crippen LogP contribution >= 0.6 is 0 Å². The molecule has 1 unspecified atom stereocenters. The lowest BCUT2D eigenvalue weighted by molar-refractivity contribution is -0.117. The van der Waals surface area contributed by atoms with Crippen LogP contribution in [0.1, 0.15) is 28.7 Å². The SMILES string of the molecule is Cc1ccc2c(c1)C(NCc1ccnc(C)n1)C(=O)N2. The van der Waals surface area contributed by atoms with Crippen LogP contribution in [-0.4, -0.2) is 15.9 Å². The number of nitrogens with one attached hydrogen (secondary N) is 2. The molecule has 102 valence electrons. The summed E-state index contributed by atoms with van der Waals surface area (Å²) in [5.74, 6) is 0.716. The van der Waals surface area contributed by atoms with Crippen molar-refractivity contribution in [1.82, 2.24) is 15.3 Å². The van der Waals surface area contributed by atoms with E-state index in [2.05, 4.69) is 20.6 Å². The van der Waals surface area contributed by atoms with Crippen LogP contribution in [0.4, 0.5) is 5.69 Å². The van der Waals surface area contributed by atoms with Crippen LogP contribution in [0.15, 0.2) is 30.5 Å². The van der Waals surface area contributed by atoms with E-state index in [4.69, 9.17) is 0 Å². The van der Waals surface area contributed by atoms with E-state index >= 15 is 0 Å². The van der Waals surface area contributed by atoms with Crippen LogP contribution in [0.3, 0.4) is 0 Å². The Hall–Kier alpha value is -2.27. The van der Waals surface area contributed by atoms with Crippen molar-refractivity contribution in [2.75, 3.05) is 5.32 Å². The minimum absolute atomic E-state index is 0.0172. The van der Waals surface area contributed by atoms with Gasteiger partial charge in [-0.2, -0.15) is 0 Å². The lowest BCUT2D eigenvalue weighted by Crippen LogP contribution is -2.27. The molecule has 0 saturated heterocycles. The summed E-state index contributed by atoms with van der Waals surface area (Å²) in [5, 5.41) is 6.14. The summed E-state index contributed by atoms with van der Waals surface area (Å²) in [6.45, 7) is 4.41. The Balaban J connectivity index is 1.78. The number of anilines is 1. The van der Waals surface area contributed by atoms with Crippen molar-refractivity contribution in [2.24, 2.45) is 0 Å². The molecule has 0 spiro atoms. The first kappa shape index (κ1) is 12.7. The molecule has 2 N–H and O–H groups in total. The van der Waals surface area contributed by atoms with Crippen molar-refractivity contribution < 1.29 is 4.79 Å². The highest BCUT2D eigenvalue weighted by atomic mass is 16.2. The van der Waals surface area contributed by atoms with Crippen LogP contribution in [0.25, 0.3) is 0 Å². The number of rotatable bonds is 3. The highest BCUT2D eigenvalue weighted by Crippen LogP contribution is 2.31. The molecule has 2 aromatic rings. The Morgan fingerprint density at radius 1 is 1.30 bits per heavy atom. The van der Waals surface area contributed by atoms with Gasteiger partial charge in [-0.05, 0) is 26.0 Å². The lowest BCUT2D eigenvalue weighted by atomic mass is 10.1. The summed E-state index contributed by atoms with van der Waals surface area (Å²) in [5.41, 5.74) is 3.91. The van der Waals surface area contributed by atoms with Gasteiger partial charge < -0.3 is 5.32 Å². The van der Waals surface area contributed by atoms with Gasteiger partial charge in [-0.15, -0.1) is 0 Å². The number of benzene rings is 1. The topological polar surface area (TPSA) is 66.9 Å². The highest BCUT2D eigenvalue weighted by molar-refractivity contribution is 6.02. The van der Waals surface area contributed by atoms with E-state index in [9.17, 15) is 4.79 Å². The van der Waals surface area contributed by atoms with Crippen molar-refractivity contribution >= 4 is 11.6 Å². The number of amides is 1. The molecular weight excluding hydrogens is 252 g/mol. The van der Waals surface area contributed by atoms with Gasteiger partial charge in [0, 0.05) is 24.0 Å². The van der Waals surface area contributed by atoms with E-state index in [1.807, 2.05) is 38.1 Å². The number of fused-ring (bicyclic) bond motifs is 1. The van der Waals surface area contributed by atoms with Crippen LogP contribution in [0, 0.1) is 13.8 Å². The standard InChI is InChI=1S/C15H16N4O/c1-9-3-4-13-12(7-9)14(15(20)19-13)17-8-11-5-6-16-10(2)18-11/h3-7,14,17H,8H2,1-2H3,(H,19,20). The normalized spacial score (nSPS) is 16.9. The largest absolute Gasteiger partial charge is 0.324 e. The summed E-state index contributed by atoms with van der Waals surface area (Å²) in [7, 11) is 0. The third-order valence-electron chi connectivity index (χ3n) is 3.36. The summed E-state index contributed by atoms with van der Waals surface area (Å²) >= 11 is 0. The molecule has 1 aromatic carbocycles. The van der Waals surface area contributed by atoms with Gasteiger partial charge in [0.15, 0.2) is 0 Å². The highest BCUT2D eigenvalue weighted by Gasteiger charge is 2.29. The molecule has 1 aliphatic rings. The van der Waals surface area contributed by atoms with Gasteiger partial charge in [0.1, 0.15) is 11.9 Å². The number of nitrogens with zero attached hydrogens (tertiary/aromatic N) is 2. The Kier molecular flexibility index (Phi) is 3.20. The Morgan fingerprint density at radius 3 is 2.95 bits per heavy atom. The van der Waals surface area contributed by atoms with Crippen molar-refractivity contribution in [3.63, 3.8) is 0 Å². The van der Waals surface area contributed by atoms with Gasteiger partial charge in [-0.1, -0.05) is 17.7 Å². The number of aromatic nitrogens is 2. The maximum absolute atomic E-state index is 12.0. The zero-order valence-corrected chi connectivity index (χ0v) is 11.5. The molecule has 1 aliphatic heterocycles. The van der Waals surface area contributed by atoms with Crippen molar-refractivity contribution in [3.8, 4) is 0 Å². The number of carbonyl (C=O) groups excluding carboxylic acids is 1. The molecule has 0 bridgehead atoms. The second kappa shape index (κ2) is 5.02. The minimum Gasteiger partial charge on any atom is -0.324 e. The number of hydrogen-bond acceptors (Lipinski definition) is 4. The number of hydrogen-bond donors (Lipinski definition) is 2. The molecule has 0 radical (unpaired) electrons. The summed E-state index contributed by atoms with van der Waals surface area (Å²) in [4.78, 5) is 20.4. The molecule has 2 heterocycles. The second-order valence-electron chi connectivity index (χ2n) is 4.99. The first-order chi connectivity index (χ1) is 9.63. The van der Waals surface area contributed by atoms with E-state index in [-0.39, 0.29) is 11.9 Å².